The molecular weight excluding hydrogens is 376 g/mol. The predicted octanol–water partition coefficient (Wildman–Crippen LogP) is 3.87. The van der Waals surface area contributed by atoms with Gasteiger partial charge in [-0.15, -0.1) is 0 Å². The second-order valence-corrected chi connectivity index (χ2v) is 5.96. The molecule has 0 unspecified atom stereocenters. The highest BCUT2D eigenvalue weighted by Gasteiger charge is 2.13. The number of halogens is 1. The average molecular weight is 391 g/mol. The highest BCUT2D eigenvalue weighted by molar-refractivity contribution is 7.71. The van der Waals surface area contributed by atoms with Gasteiger partial charge in [0.15, 0.2) is 17.3 Å². The van der Waals surface area contributed by atoms with E-state index >= 15 is 0 Å². The van der Waals surface area contributed by atoms with Crippen molar-refractivity contribution in [1.82, 2.24) is 14.9 Å². The summed E-state index contributed by atoms with van der Waals surface area (Å²) in [4.78, 5) is 0. The maximum atomic E-state index is 9.99. The van der Waals surface area contributed by atoms with Crippen LogP contribution >= 0.6 is 23.8 Å². The zero-order chi connectivity index (χ0) is 18.7. The first-order valence-corrected chi connectivity index (χ1v) is 8.25. The Morgan fingerprint density at radius 3 is 2.50 bits per heavy atom. The molecule has 2 N–H and O–H groups in total. The number of phenols is 1. The summed E-state index contributed by atoms with van der Waals surface area (Å²) in [6.07, 6.45) is 1.55. The van der Waals surface area contributed by atoms with Crippen LogP contribution in [0.1, 0.15) is 5.56 Å². The maximum absolute atomic E-state index is 9.99. The van der Waals surface area contributed by atoms with Crippen LogP contribution < -0.4 is 9.47 Å². The van der Waals surface area contributed by atoms with Crippen LogP contribution in [0.5, 0.6) is 17.2 Å². The van der Waals surface area contributed by atoms with Crippen molar-refractivity contribution in [3.05, 3.63) is 51.8 Å². The van der Waals surface area contributed by atoms with Gasteiger partial charge in [-0.2, -0.15) is 14.9 Å². The number of nitrogens with zero attached hydrogens (tertiary/aromatic N) is 3. The molecule has 0 aliphatic rings. The Hall–Kier alpha value is -2.84. The number of H-pyrrole nitrogens is 1. The van der Waals surface area contributed by atoms with Crippen LogP contribution in [-0.4, -0.2) is 40.4 Å². The minimum atomic E-state index is -0.0798. The summed E-state index contributed by atoms with van der Waals surface area (Å²) >= 11 is 11.5. The van der Waals surface area contributed by atoms with Gasteiger partial charge in [0.2, 0.25) is 10.5 Å². The van der Waals surface area contributed by atoms with E-state index in [9.17, 15) is 5.11 Å². The third kappa shape index (κ3) is 3.42. The fourth-order valence-electron chi connectivity index (χ4n) is 2.33. The Balaban J connectivity index is 2.04. The number of aromatic amines is 1. The Morgan fingerprint density at radius 1 is 1.23 bits per heavy atom. The molecule has 0 amide bonds. The molecule has 0 fully saturated rings. The number of aromatic nitrogens is 3. The van der Waals surface area contributed by atoms with E-state index in [2.05, 4.69) is 15.3 Å². The second-order valence-electron chi connectivity index (χ2n) is 5.16. The fraction of sp³-hybridized carbons (Fsp3) is 0.118. The highest BCUT2D eigenvalue weighted by atomic mass is 35.5. The molecule has 0 aliphatic carbocycles. The van der Waals surface area contributed by atoms with Crippen molar-refractivity contribution in [2.75, 3.05) is 14.2 Å². The number of hydrogen-bond acceptors (Lipinski definition) is 6. The van der Waals surface area contributed by atoms with Crippen molar-refractivity contribution in [2.45, 2.75) is 0 Å². The monoisotopic (exact) mass is 390 g/mol. The molecule has 7 nitrogen and oxygen atoms in total. The lowest BCUT2D eigenvalue weighted by atomic mass is 10.2. The number of nitrogens with one attached hydrogen (secondary N) is 1. The standard InChI is InChI=1S/C17H15ClN4O3S/c1-24-13-7-10(8-14(25-2)15(13)23)9-19-22-16(20-21-17(22)26)11-5-3-4-6-12(11)18/h3-9,23H,1-2H3,(H,21,26)/b19-9-. The molecule has 0 saturated carbocycles. The van der Waals surface area contributed by atoms with Crippen LogP contribution in [0.25, 0.3) is 11.4 Å². The molecular formula is C17H15ClN4O3S. The normalized spacial score (nSPS) is 11.0. The van der Waals surface area contributed by atoms with Crippen molar-refractivity contribution >= 4 is 30.0 Å². The SMILES string of the molecule is COc1cc(/C=N\n2c(-c3ccccc3Cl)n[nH]c2=S)cc(OC)c1O. The summed E-state index contributed by atoms with van der Waals surface area (Å²) in [7, 11) is 2.91. The van der Waals surface area contributed by atoms with Gasteiger partial charge in [-0.25, -0.2) is 5.10 Å². The third-order valence-electron chi connectivity index (χ3n) is 3.59. The van der Waals surface area contributed by atoms with E-state index in [1.54, 1.807) is 24.4 Å². The Bertz CT molecular complexity index is 1000. The lowest BCUT2D eigenvalue weighted by Gasteiger charge is -2.09. The molecule has 3 rings (SSSR count). The van der Waals surface area contributed by atoms with Crippen molar-refractivity contribution in [2.24, 2.45) is 5.10 Å². The summed E-state index contributed by atoms with van der Waals surface area (Å²) in [6.45, 7) is 0. The quantitative estimate of drug-likeness (QED) is 0.510. The molecule has 26 heavy (non-hydrogen) atoms. The molecule has 2 aromatic carbocycles. The summed E-state index contributed by atoms with van der Waals surface area (Å²) < 4.78 is 12.1. The van der Waals surface area contributed by atoms with Crippen LogP contribution in [-0.2, 0) is 0 Å². The van der Waals surface area contributed by atoms with Gasteiger partial charge >= 0.3 is 0 Å². The van der Waals surface area contributed by atoms with E-state index in [0.29, 0.717) is 26.7 Å². The molecule has 3 aromatic rings. The Morgan fingerprint density at radius 2 is 1.88 bits per heavy atom. The van der Waals surface area contributed by atoms with Gasteiger partial charge in [0, 0.05) is 11.1 Å². The van der Waals surface area contributed by atoms with E-state index in [-0.39, 0.29) is 17.2 Å². The third-order valence-corrected chi connectivity index (χ3v) is 4.18. The fourth-order valence-corrected chi connectivity index (χ4v) is 2.73. The molecule has 9 heteroatoms. The van der Waals surface area contributed by atoms with Gasteiger partial charge in [0.25, 0.3) is 0 Å². The van der Waals surface area contributed by atoms with E-state index in [1.165, 1.54) is 18.9 Å². The van der Waals surface area contributed by atoms with E-state index in [1.807, 2.05) is 18.2 Å². The van der Waals surface area contributed by atoms with Crippen molar-refractivity contribution in [3.63, 3.8) is 0 Å². The van der Waals surface area contributed by atoms with Crippen LogP contribution in [0.2, 0.25) is 5.02 Å². The molecule has 1 aromatic heterocycles. The van der Waals surface area contributed by atoms with Crippen LogP contribution in [0, 0.1) is 4.77 Å². The lowest BCUT2D eigenvalue weighted by molar-refractivity contribution is 0.340. The van der Waals surface area contributed by atoms with Gasteiger partial charge < -0.3 is 14.6 Å². The summed E-state index contributed by atoms with van der Waals surface area (Å²) in [5.74, 6) is 0.944. The average Bonchev–Trinajstić information content (AvgIpc) is 3.01. The number of benzene rings is 2. The minimum absolute atomic E-state index is 0.0798. The van der Waals surface area contributed by atoms with Gasteiger partial charge in [-0.05, 0) is 36.5 Å². The van der Waals surface area contributed by atoms with Gasteiger partial charge in [-0.1, -0.05) is 23.7 Å². The molecule has 0 atom stereocenters. The molecule has 0 spiro atoms. The number of rotatable bonds is 5. The molecule has 134 valence electrons. The number of hydrogen-bond donors (Lipinski definition) is 2. The topological polar surface area (TPSA) is 84.7 Å². The van der Waals surface area contributed by atoms with E-state index < -0.39 is 0 Å². The summed E-state index contributed by atoms with van der Waals surface area (Å²) in [6, 6.07) is 10.5. The van der Waals surface area contributed by atoms with Gasteiger partial charge in [0.05, 0.1) is 25.5 Å². The van der Waals surface area contributed by atoms with Crippen molar-refractivity contribution < 1.29 is 14.6 Å². The van der Waals surface area contributed by atoms with Crippen LogP contribution in [0.4, 0.5) is 0 Å². The van der Waals surface area contributed by atoms with E-state index in [0.717, 1.165) is 0 Å². The number of methoxy groups -OCH3 is 2. The van der Waals surface area contributed by atoms with Crippen LogP contribution in [0.15, 0.2) is 41.5 Å². The maximum Gasteiger partial charge on any atom is 0.216 e. The first kappa shape index (κ1) is 18.0. The van der Waals surface area contributed by atoms with Crippen molar-refractivity contribution in [3.8, 4) is 28.6 Å². The van der Waals surface area contributed by atoms with E-state index in [4.69, 9.17) is 33.3 Å². The van der Waals surface area contributed by atoms with Gasteiger partial charge in [-0.3, -0.25) is 0 Å². The largest absolute Gasteiger partial charge is 0.502 e. The molecule has 0 radical (unpaired) electrons. The summed E-state index contributed by atoms with van der Waals surface area (Å²) in [5.41, 5.74) is 1.34. The first-order valence-electron chi connectivity index (χ1n) is 7.46. The second kappa shape index (κ2) is 7.59. The molecule has 0 saturated heterocycles. The highest BCUT2D eigenvalue weighted by Crippen LogP contribution is 2.36. The first-order chi connectivity index (χ1) is 12.5. The zero-order valence-electron chi connectivity index (χ0n) is 13.9. The van der Waals surface area contributed by atoms with Crippen molar-refractivity contribution in [1.29, 1.82) is 0 Å². The lowest BCUT2D eigenvalue weighted by Crippen LogP contribution is -1.97. The zero-order valence-corrected chi connectivity index (χ0v) is 15.5. The predicted molar refractivity (Wildman–Crippen MR) is 102 cm³/mol. The van der Waals surface area contributed by atoms with Gasteiger partial charge in [0.1, 0.15) is 0 Å². The Labute approximate surface area is 159 Å². The number of aromatic hydroxyl groups is 1. The molecule has 0 bridgehead atoms. The minimum Gasteiger partial charge on any atom is -0.502 e. The smallest absolute Gasteiger partial charge is 0.216 e. The summed E-state index contributed by atoms with van der Waals surface area (Å²) in [5, 5.41) is 21.8. The number of phenolic OH excluding ortho intramolecular Hbond substituents is 1. The Kier molecular flexibility index (Phi) is 5.24. The van der Waals surface area contributed by atoms with Crippen LogP contribution in [0.3, 0.4) is 0 Å². The molecule has 1 heterocycles. The molecule has 0 aliphatic heterocycles. The number of ether oxygens (including phenoxy) is 2.